The topological polar surface area (TPSA) is 78.4 Å². The second-order valence-corrected chi connectivity index (χ2v) is 6.19. The molecule has 0 aliphatic rings. The van der Waals surface area contributed by atoms with Crippen molar-refractivity contribution in [3.05, 3.63) is 28.2 Å². The van der Waals surface area contributed by atoms with Crippen molar-refractivity contribution in [2.24, 2.45) is 0 Å². The lowest BCUT2D eigenvalue weighted by molar-refractivity contribution is -0.137. The van der Waals surface area contributed by atoms with Crippen molar-refractivity contribution in [2.45, 2.75) is 39.2 Å². The molecule has 1 aromatic rings. The number of nitrogens with one attached hydrogen (secondary N) is 2. The summed E-state index contributed by atoms with van der Waals surface area (Å²) in [7, 11) is 0. The van der Waals surface area contributed by atoms with Gasteiger partial charge in [-0.25, -0.2) is 4.79 Å². The number of carboxylic acids is 1. The van der Waals surface area contributed by atoms with Crippen LogP contribution in [0.25, 0.3) is 0 Å². The van der Waals surface area contributed by atoms with Gasteiger partial charge in [0.25, 0.3) is 0 Å². The zero-order valence-corrected chi connectivity index (χ0v) is 13.4. The minimum absolute atomic E-state index is 0.0153. The lowest BCUT2D eigenvalue weighted by atomic mass is 9.99. The first-order valence-corrected chi connectivity index (χ1v) is 7.06. The first kappa shape index (κ1) is 16.5. The third-order valence-electron chi connectivity index (χ3n) is 2.79. The predicted molar refractivity (Wildman–Crippen MR) is 82.0 cm³/mol. The quantitative estimate of drug-likeness (QED) is 0.765. The van der Waals surface area contributed by atoms with Crippen molar-refractivity contribution in [1.29, 1.82) is 0 Å². The van der Waals surface area contributed by atoms with E-state index in [1.54, 1.807) is 13.8 Å². The Morgan fingerprint density at radius 2 is 2.00 bits per heavy atom. The van der Waals surface area contributed by atoms with Crippen LogP contribution < -0.4 is 10.6 Å². The SMILES string of the molecule is Cc1ccc(Br)c(NC(=O)NC(C)(C)CCC(=O)O)c1. The lowest BCUT2D eigenvalue weighted by Crippen LogP contribution is -2.45. The molecule has 0 atom stereocenters. The van der Waals surface area contributed by atoms with Gasteiger partial charge >= 0.3 is 12.0 Å². The second kappa shape index (κ2) is 6.74. The molecule has 20 heavy (non-hydrogen) atoms. The minimum Gasteiger partial charge on any atom is -0.481 e. The number of carbonyl (C=O) groups excluding carboxylic acids is 1. The van der Waals surface area contributed by atoms with Gasteiger partial charge in [0, 0.05) is 16.4 Å². The minimum atomic E-state index is -0.873. The highest BCUT2D eigenvalue weighted by atomic mass is 79.9. The molecule has 0 bridgehead atoms. The summed E-state index contributed by atoms with van der Waals surface area (Å²) in [5.74, 6) is -0.873. The number of anilines is 1. The van der Waals surface area contributed by atoms with E-state index in [1.807, 2.05) is 25.1 Å². The van der Waals surface area contributed by atoms with E-state index >= 15 is 0 Å². The standard InChI is InChI=1S/C14H19BrN2O3/c1-9-4-5-10(15)11(8-9)16-13(20)17-14(2,3)7-6-12(18)19/h4-5,8H,6-7H2,1-3H3,(H,18,19)(H2,16,17,20). The first-order valence-electron chi connectivity index (χ1n) is 6.27. The first-order chi connectivity index (χ1) is 9.19. The normalized spacial score (nSPS) is 11.0. The number of aryl methyl sites for hydroxylation is 1. The molecule has 110 valence electrons. The Hall–Kier alpha value is -1.56. The number of hydrogen-bond acceptors (Lipinski definition) is 2. The highest BCUT2D eigenvalue weighted by Gasteiger charge is 2.21. The highest BCUT2D eigenvalue weighted by Crippen LogP contribution is 2.23. The molecule has 0 saturated carbocycles. The predicted octanol–water partition coefficient (Wildman–Crippen LogP) is 3.52. The third-order valence-corrected chi connectivity index (χ3v) is 3.48. The fourth-order valence-electron chi connectivity index (χ4n) is 1.68. The van der Waals surface area contributed by atoms with Crippen LogP contribution >= 0.6 is 15.9 Å². The molecule has 0 aliphatic heterocycles. The van der Waals surface area contributed by atoms with Crippen molar-refractivity contribution in [1.82, 2.24) is 5.32 Å². The van der Waals surface area contributed by atoms with Crippen LogP contribution in [0.1, 0.15) is 32.3 Å². The molecule has 0 aliphatic carbocycles. The maximum absolute atomic E-state index is 11.9. The molecule has 1 aromatic carbocycles. The van der Waals surface area contributed by atoms with E-state index in [0.717, 1.165) is 10.0 Å². The second-order valence-electron chi connectivity index (χ2n) is 5.34. The van der Waals surface area contributed by atoms with E-state index < -0.39 is 11.5 Å². The van der Waals surface area contributed by atoms with Crippen molar-refractivity contribution in [3.8, 4) is 0 Å². The van der Waals surface area contributed by atoms with Crippen molar-refractivity contribution in [3.63, 3.8) is 0 Å². The monoisotopic (exact) mass is 342 g/mol. The zero-order valence-electron chi connectivity index (χ0n) is 11.8. The van der Waals surface area contributed by atoms with E-state index in [-0.39, 0.29) is 12.5 Å². The van der Waals surface area contributed by atoms with Gasteiger partial charge in [-0.05, 0) is 60.8 Å². The van der Waals surface area contributed by atoms with Crippen LogP contribution in [-0.4, -0.2) is 22.6 Å². The molecule has 0 heterocycles. The summed E-state index contributed by atoms with van der Waals surface area (Å²) in [6, 6.07) is 5.30. The van der Waals surface area contributed by atoms with Gasteiger partial charge < -0.3 is 15.7 Å². The van der Waals surface area contributed by atoms with Crippen LogP contribution in [0.2, 0.25) is 0 Å². The number of halogens is 1. The molecule has 1 rings (SSSR count). The number of carbonyl (C=O) groups is 2. The lowest BCUT2D eigenvalue weighted by Gasteiger charge is -2.25. The summed E-state index contributed by atoms with van der Waals surface area (Å²) in [5.41, 5.74) is 1.13. The molecule has 6 heteroatoms. The van der Waals surface area contributed by atoms with Gasteiger partial charge in [0.05, 0.1) is 5.69 Å². The molecule has 5 nitrogen and oxygen atoms in total. The molecule has 0 spiro atoms. The van der Waals surface area contributed by atoms with Gasteiger partial charge in [0.1, 0.15) is 0 Å². The van der Waals surface area contributed by atoms with E-state index in [0.29, 0.717) is 12.1 Å². The molecule has 2 amide bonds. The van der Waals surface area contributed by atoms with Crippen LogP contribution in [0.4, 0.5) is 10.5 Å². The average Bonchev–Trinajstić information content (AvgIpc) is 2.31. The van der Waals surface area contributed by atoms with Crippen LogP contribution in [0.5, 0.6) is 0 Å². The molecule has 3 N–H and O–H groups in total. The number of aliphatic carboxylic acids is 1. The summed E-state index contributed by atoms with van der Waals surface area (Å²) in [6.07, 6.45) is 0.381. The molecule has 0 aromatic heterocycles. The fraction of sp³-hybridized carbons (Fsp3) is 0.429. The van der Waals surface area contributed by atoms with Gasteiger partial charge in [-0.3, -0.25) is 4.79 Å². The van der Waals surface area contributed by atoms with Gasteiger partial charge in [-0.1, -0.05) is 6.07 Å². The van der Waals surface area contributed by atoms with E-state index in [1.165, 1.54) is 0 Å². The Bertz CT molecular complexity index is 515. The Morgan fingerprint density at radius 1 is 1.35 bits per heavy atom. The van der Waals surface area contributed by atoms with Gasteiger partial charge in [0.15, 0.2) is 0 Å². The molecular formula is C14H19BrN2O3. The van der Waals surface area contributed by atoms with Gasteiger partial charge in [-0.15, -0.1) is 0 Å². The Morgan fingerprint density at radius 3 is 2.60 bits per heavy atom. The summed E-state index contributed by atoms with van der Waals surface area (Å²) < 4.78 is 0.793. The number of rotatable bonds is 5. The molecule has 0 radical (unpaired) electrons. The zero-order chi connectivity index (χ0) is 15.3. The number of benzene rings is 1. The molecular weight excluding hydrogens is 324 g/mol. The molecule has 0 unspecified atom stereocenters. The van der Waals surface area contributed by atoms with Gasteiger partial charge in [0.2, 0.25) is 0 Å². The van der Waals surface area contributed by atoms with Crippen LogP contribution in [0, 0.1) is 6.92 Å². The molecule has 0 fully saturated rings. The highest BCUT2D eigenvalue weighted by molar-refractivity contribution is 9.10. The van der Waals surface area contributed by atoms with Crippen molar-refractivity contribution in [2.75, 3.05) is 5.32 Å². The summed E-state index contributed by atoms with van der Waals surface area (Å²) >= 11 is 3.37. The average molecular weight is 343 g/mol. The van der Waals surface area contributed by atoms with Gasteiger partial charge in [-0.2, -0.15) is 0 Å². The number of urea groups is 1. The van der Waals surface area contributed by atoms with Crippen LogP contribution in [0.3, 0.4) is 0 Å². The maximum Gasteiger partial charge on any atom is 0.319 e. The van der Waals surface area contributed by atoms with Crippen molar-refractivity contribution >= 4 is 33.6 Å². The number of carboxylic acid groups (broad SMARTS) is 1. The summed E-state index contributed by atoms with van der Waals surface area (Å²) in [5, 5.41) is 14.2. The summed E-state index contributed by atoms with van der Waals surface area (Å²) in [4.78, 5) is 22.5. The number of hydrogen-bond donors (Lipinski definition) is 3. The maximum atomic E-state index is 11.9. The van der Waals surface area contributed by atoms with E-state index in [2.05, 4.69) is 26.6 Å². The smallest absolute Gasteiger partial charge is 0.319 e. The van der Waals surface area contributed by atoms with Crippen LogP contribution in [0.15, 0.2) is 22.7 Å². The van der Waals surface area contributed by atoms with Crippen molar-refractivity contribution < 1.29 is 14.7 Å². The Labute approximate surface area is 126 Å². The summed E-state index contributed by atoms with van der Waals surface area (Å²) in [6.45, 7) is 5.52. The Kier molecular flexibility index (Phi) is 5.56. The third kappa shape index (κ3) is 5.61. The van der Waals surface area contributed by atoms with E-state index in [9.17, 15) is 9.59 Å². The van der Waals surface area contributed by atoms with E-state index in [4.69, 9.17) is 5.11 Å². The molecule has 0 saturated heterocycles. The number of amides is 2. The largest absolute Gasteiger partial charge is 0.481 e. The van der Waals surface area contributed by atoms with Crippen LogP contribution in [-0.2, 0) is 4.79 Å². The fourth-order valence-corrected chi connectivity index (χ4v) is 2.02. The Balaban J connectivity index is 2.63.